The zero-order chi connectivity index (χ0) is 17.9. The Morgan fingerprint density at radius 2 is 1.85 bits per heavy atom. The lowest BCUT2D eigenvalue weighted by molar-refractivity contribution is -0.115. The van der Waals surface area contributed by atoms with E-state index >= 15 is 0 Å². The molecule has 0 aliphatic heterocycles. The molecule has 0 saturated heterocycles. The molecule has 0 bridgehead atoms. The summed E-state index contributed by atoms with van der Waals surface area (Å²) in [5, 5.41) is 16.6. The van der Waals surface area contributed by atoms with Crippen molar-refractivity contribution < 1.29 is 4.79 Å². The van der Waals surface area contributed by atoms with Crippen molar-refractivity contribution in [1.29, 1.82) is 0 Å². The second-order valence-corrected chi connectivity index (χ2v) is 6.82. The molecule has 0 radical (unpaired) electrons. The van der Waals surface area contributed by atoms with Crippen LogP contribution in [0.3, 0.4) is 0 Å². The lowest BCUT2D eigenvalue weighted by Gasteiger charge is -2.06. The maximum Gasteiger partial charge on any atom is 0.234 e. The number of aromatic nitrogens is 4. The van der Waals surface area contributed by atoms with Crippen LogP contribution in [0.25, 0.3) is 15.5 Å². The molecule has 0 fully saturated rings. The molecular weight excluding hydrogens is 346 g/mol. The third kappa shape index (κ3) is 3.34. The first-order valence-corrected chi connectivity index (χ1v) is 9.20. The van der Waals surface area contributed by atoms with E-state index in [0.717, 1.165) is 39.0 Å². The molecule has 1 N–H and O–H groups in total. The van der Waals surface area contributed by atoms with E-state index in [1.165, 1.54) is 11.3 Å². The van der Waals surface area contributed by atoms with Crippen LogP contribution in [0.4, 0.5) is 5.69 Å². The van der Waals surface area contributed by atoms with E-state index in [0.29, 0.717) is 6.42 Å². The minimum absolute atomic E-state index is 0.0321. The number of fused-ring (bicyclic) bond motifs is 1. The fourth-order valence-electron chi connectivity index (χ4n) is 2.68. The van der Waals surface area contributed by atoms with Crippen molar-refractivity contribution in [1.82, 2.24) is 19.8 Å². The molecule has 0 saturated carbocycles. The quantitative estimate of drug-likeness (QED) is 0.588. The molecule has 0 atom stereocenters. The lowest BCUT2D eigenvalue weighted by atomic mass is 10.1. The lowest BCUT2D eigenvalue weighted by Crippen LogP contribution is -2.14. The largest absolute Gasteiger partial charge is 0.326 e. The van der Waals surface area contributed by atoms with Crippen LogP contribution in [-0.4, -0.2) is 25.7 Å². The number of carbonyl (C=O) groups is 1. The van der Waals surface area contributed by atoms with Crippen molar-refractivity contribution in [2.45, 2.75) is 19.8 Å². The Balaban J connectivity index is 1.47. The molecule has 7 heteroatoms. The normalized spacial score (nSPS) is 11.0. The minimum atomic E-state index is -0.0321. The Morgan fingerprint density at radius 3 is 2.58 bits per heavy atom. The fourth-order valence-corrected chi connectivity index (χ4v) is 3.54. The molecule has 0 unspecified atom stereocenters. The first kappa shape index (κ1) is 16.4. The smallest absolute Gasteiger partial charge is 0.234 e. The van der Waals surface area contributed by atoms with Gasteiger partial charge in [-0.25, -0.2) is 0 Å². The summed E-state index contributed by atoms with van der Waals surface area (Å²) in [6.07, 6.45) is 1.15. The number of nitrogens with one attached hydrogen (secondary N) is 1. The Hall–Kier alpha value is -3.06. The Morgan fingerprint density at radius 1 is 1.08 bits per heavy atom. The number of carbonyl (C=O) groups excluding carboxylic acids is 1. The zero-order valence-electron chi connectivity index (χ0n) is 14.2. The highest BCUT2D eigenvalue weighted by atomic mass is 32.1. The van der Waals surface area contributed by atoms with E-state index in [1.807, 2.05) is 61.5 Å². The Bertz CT molecular complexity index is 1040. The maximum atomic E-state index is 12.2. The first-order valence-electron chi connectivity index (χ1n) is 8.38. The number of rotatable bonds is 5. The summed E-state index contributed by atoms with van der Waals surface area (Å²) in [6, 6.07) is 17.4. The molecule has 2 heterocycles. The molecule has 4 rings (SSSR count). The molecule has 1 amide bonds. The first-order chi connectivity index (χ1) is 12.7. The van der Waals surface area contributed by atoms with E-state index in [-0.39, 0.29) is 5.91 Å². The van der Waals surface area contributed by atoms with Crippen LogP contribution in [0.2, 0.25) is 0 Å². The van der Waals surface area contributed by atoms with Crippen LogP contribution in [0.15, 0.2) is 54.6 Å². The van der Waals surface area contributed by atoms with Gasteiger partial charge in [-0.1, -0.05) is 48.6 Å². The molecule has 4 aromatic rings. The molecule has 130 valence electrons. The van der Waals surface area contributed by atoms with Crippen molar-refractivity contribution in [2.24, 2.45) is 0 Å². The van der Waals surface area contributed by atoms with Crippen LogP contribution in [0.1, 0.15) is 18.3 Å². The SMILES string of the molecule is CCc1nnc2sc(-c3ccc(NC(=O)Cc4ccccc4)cc3)nn12. The molecule has 0 aliphatic rings. The second kappa shape index (κ2) is 7.05. The summed E-state index contributed by atoms with van der Waals surface area (Å²) >= 11 is 1.50. The topological polar surface area (TPSA) is 72.2 Å². The van der Waals surface area contributed by atoms with Gasteiger partial charge >= 0.3 is 0 Å². The van der Waals surface area contributed by atoms with Gasteiger partial charge in [-0.15, -0.1) is 10.2 Å². The van der Waals surface area contributed by atoms with E-state index in [4.69, 9.17) is 0 Å². The highest BCUT2D eigenvalue weighted by Gasteiger charge is 2.12. The molecule has 6 nitrogen and oxygen atoms in total. The fraction of sp³-hybridized carbons (Fsp3) is 0.158. The van der Waals surface area contributed by atoms with Crippen LogP contribution in [0, 0.1) is 0 Å². The number of anilines is 1. The number of benzene rings is 2. The van der Waals surface area contributed by atoms with Gasteiger partial charge in [-0.3, -0.25) is 4.79 Å². The van der Waals surface area contributed by atoms with Crippen LogP contribution in [0.5, 0.6) is 0 Å². The number of amides is 1. The van der Waals surface area contributed by atoms with Crippen LogP contribution >= 0.6 is 11.3 Å². The van der Waals surface area contributed by atoms with E-state index in [1.54, 1.807) is 4.52 Å². The standard InChI is InChI=1S/C19H17N5OS/c1-2-16-21-22-19-24(16)23-18(26-19)14-8-10-15(11-9-14)20-17(25)12-13-6-4-3-5-7-13/h3-11H,2,12H2,1H3,(H,20,25). The summed E-state index contributed by atoms with van der Waals surface area (Å²) in [5.74, 6) is 0.822. The molecule has 0 aliphatic carbocycles. The number of aryl methyl sites for hydroxylation is 1. The zero-order valence-corrected chi connectivity index (χ0v) is 15.0. The van der Waals surface area contributed by atoms with Gasteiger partial charge in [0.25, 0.3) is 0 Å². The summed E-state index contributed by atoms with van der Waals surface area (Å²) in [6.45, 7) is 2.03. The van der Waals surface area contributed by atoms with Crippen LogP contribution in [-0.2, 0) is 17.6 Å². The van der Waals surface area contributed by atoms with E-state index in [2.05, 4.69) is 20.6 Å². The van der Waals surface area contributed by atoms with Gasteiger partial charge in [-0.05, 0) is 29.8 Å². The van der Waals surface area contributed by atoms with Crippen LogP contribution < -0.4 is 5.32 Å². The highest BCUT2D eigenvalue weighted by Crippen LogP contribution is 2.26. The number of hydrogen-bond acceptors (Lipinski definition) is 5. The van der Waals surface area contributed by atoms with Crippen molar-refractivity contribution in [3.63, 3.8) is 0 Å². The van der Waals surface area contributed by atoms with Crippen molar-refractivity contribution in [2.75, 3.05) is 5.32 Å². The van der Waals surface area contributed by atoms with E-state index < -0.39 is 0 Å². The van der Waals surface area contributed by atoms with Gasteiger partial charge in [0.05, 0.1) is 6.42 Å². The molecule has 2 aromatic heterocycles. The molecule has 2 aromatic carbocycles. The van der Waals surface area contributed by atoms with Crippen molar-refractivity contribution >= 4 is 27.9 Å². The molecule has 0 spiro atoms. The average Bonchev–Trinajstić information content (AvgIpc) is 3.23. The van der Waals surface area contributed by atoms with Crippen molar-refractivity contribution in [3.8, 4) is 10.6 Å². The summed E-state index contributed by atoms with van der Waals surface area (Å²) in [4.78, 5) is 12.9. The van der Waals surface area contributed by atoms with E-state index in [9.17, 15) is 4.79 Å². The predicted molar refractivity (Wildman–Crippen MR) is 102 cm³/mol. The average molecular weight is 363 g/mol. The van der Waals surface area contributed by atoms with Gasteiger partial charge in [0.1, 0.15) is 5.01 Å². The van der Waals surface area contributed by atoms with Gasteiger partial charge in [-0.2, -0.15) is 9.61 Å². The monoisotopic (exact) mass is 363 g/mol. The highest BCUT2D eigenvalue weighted by molar-refractivity contribution is 7.19. The third-order valence-electron chi connectivity index (χ3n) is 3.99. The predicted octanol–water partition coefficient (Wildman–Crippen LogP) is 3.60. The maximum absolute atomic E-state index is 12.2. The number of nitrogens with zero attached hydrogens (tertiary/aromatic N) is 4. The summed E-state index contributed by atoms with van der Waals surface area (Å²) < 4.78 is 1.79. The van der Waals surface area contributed by atoms with Gasteiger partial charge < -0.3 is 5.32 Å². The molecular formula is C19H17N5OS. The van der Waals surface area contributed by atoms with Gasteiger partial charge in [0.2, 0.25) is 10.9 Å². The summed E-state index contributed by atoms with van der Waals surface area (Å²) in [5.41, 5.74) is 2.75. The summed E-state index contributed by atoms with van der Waals surface area (Å²) in [7, 11) is 0. The second-order valence-electron chi connectivity index (χ2n) is 5.86. The molecule has 26 heavy (non-hydrogen) atoms. The Labute approximate surface area is 154 Å². The van der Waals surface area contributed by atoms with Gasteiger partial charge in [0.15, 0.2) is 5.82 Å². The third-order valence-corrected chi connectivity index (χ3v) is 4.94. The Kier molecular flexibility index (Phi) is 4.45. The number of hydrogen-bond donors (Lipinski definition) is 1. The minimum Gasteiger partial charge on any atom is -0.326 e. The van der Waals surface area contributed by atoms with Crippen molar-refractivity contribution in [3.05, 3.63) is 66.0 Å². The van der Waals surface area contributed by atoms with Gasteiger partial charge in [0, 0.05) is 17.7 Å².